The highest BCUT2D eigenvalue weighted by Gasteiger charge is 2.18. The summed E-state index contributed by atoms with van der Waals surface area (Å²) >= 11 is 1.18. The number of nitrogens with zero attached hydrogens (tertiary/aromatic N) is 4. The minimum Gasteiger partial charge on any atom is -0.492 e. The lowest BCUT2D eigenvalue weighted by atomic mass is 10.1. The SMILES string of the molecule is O=[N+]([O-])c1ccccc1Nc1nc(O)c(C=C2C=CN3ON=CC3=C2)s1. The highest BCUT2D eigenvalue weighted by atomic mass is 32.1. The van der Waals surface area contributed by atoms with Gasteiger partial charge in [0.05, 0.1) is 16.0 Å². The van der Waals surface area contributed by atoms with Gasteiger partial charge in [0, 0.05) is 12.3 Å². The van der Waals surface area contributed by atoms with E-state index in [9.17, 15) is 15.2 Å². The summed E-state index contributed by atoms with van der Waals surface area (Å²) in [7, 11) is 0. The maximum atomic E-state index is 11.1. The van der Waals surface area contributed by atoms with Gasteiger partial charge in [-0.2, -0.15) is 10.0 Å². The topological polar surface area (TPSA) is 113 Å². The van der Waals surface area contributed by atoms with Gasteiger partial charge in [-0.25, -0.2) is 0 Å². The number of hydrogen-bond acceptors (Lipinski definition) is 9. The molecule has 3 heterocycles. The highest BCUT2D eigenvalue weighted by Crippen LogP contribution is 2.35. The van der Waals surface area contributed by atoms with Crippen LogP contribution in [0.2, 0.25) is 0 Å². The van der Waals surface area contributed by atoms with Gasteiger partial charge >= 0.3 is 0 Å². The van der Waals surface area contributed by atoms with Crippen LogP contribution in [0.4, 0.5) is 16.5 Å². The van der Waals surface area contributed by atoms with E-state index in [1.54, 1.807) is 42.8 Å². The zero-order chi connectivity index (χ0) is 18.1. The molecule has 1 aromatic carbocycles. The summed E-state index contributed by atoms with van der Waals surface area (Å²) in [5.74, 6) is -0.158. The molecule has 0 saturated carbocycles. The Morgan fingerprint density at radius 3 is 3.08 bits per heavy atom. The average Bonchev–Trinajstić information content (AvgIpc) is 3.21. The zero-order valence-corrected chi connectivity index (χ0v) is 13.9. The number of para-hydroxylation sites is 2. The number of hydrogen-bond donors (Lipinski definition) is 2. The fourth-order valence-electron chi connectivity index (χ4n) is 2.39. The molecule has 0 amide bonds. The van der Waals surface area contributed by atoms with Crippen molar-refractivity contribution >= 4 is 40.1 Å². The standard InChI is InChI=1S/C16H11N5O4S/c22-15-14(8-10-5-6-20-11(7-10)9-17-25-20)26-16(19-15)18-12-3-1-2-4-13(12)21(23)24/h1-9,22H,(H,18,19). The summed E-state index contributed by atoms with van der Waals surface area (Å²) in [6.07, 6.45) is 8.67. The van der Waals surface area contributed by atoms with Gasteiger partial charge in [-0.15, -0.1) is 0 Å². The Balaban J connectivity index is 1.60. The summed E-state index contributed by atoms with van der Waals surface area (Å²) in [5, 5.41) is 29.6. The zero-order valence-electron chi connectivity index (χ0n) is 13.1. The smallest absolute Gasteiger partial charge is 0.292 e. The molecule has 10 heteroatoms. The Labute approximate surface area is 150 Å². The number of nitro benzene ring substituents is 1. The summed E-state index contributed by atoms with van der Waals surface area (Å²) in [6, 6.07) is 6.24. The normalized spacial score (nSPS) is 16.4. The number of anilines is 2. The van der Waals surface area contributed by atoms with Crippen LogP contribution in [0.3, 0.4) is 0 Å². The molecular weight excluding hydrogens is 358 g/mol. The van der Waals surface area contributed by atoms with Gasteiger partial charge < -0.3 is 10.4 Å². The average molecular weight is 369 g/mol. The molecule has 9 nitrogen and oxygen atoms in total. The molecule has 4 rings (SSSR count). The first-order valence-electron chi connectivity index (χ1n) is 7.42. The predicted octanol–water partition coefficient (Wildman–Crippen LogP) is 3.53. The largest absolute Gasteiger partial charge is 0.492 e. The van der Waals surface area contributed by atoms with Crippen LogP contribution in [-0.4, -0.2) is 26.3 Å². The Hall–Kier alpha value is -3.66. The maximum absolute atomic E-state index is 11.1. The second kappa shape index (κ2) is 6.33. The van der Waals surface area contributed by atoms with Crippen molar-refractivity contribution in [3.63, 3.8) is 0 Å². The highest BCUT2D eigenvalue weighted by molar-refractivity contribution is 7.16. The van der Waals surface area contributed by atoms with Crippen molar-refractivity contribution in [1.82, 2.24) is 10.0 Å². The summed E-state index contributed by atoms with van der Waals surface area (Å²) < 4.78 is 0. The van der Waals surface area contributed by atoms with Gasteiger partial charge in [-0.05, 0) is 29.9 Å². The lowest BCUT2D eigenvalue weighted by Crippen LogP contribution is -2.12. The van der Waals surface area contributed by atoms with E-state index in [1.807, 2.05) is 6.08 Å². The van der Waals surface area contributed by atoms with Crippen LogP contribution in [0.5, 0.6) is 5.88 Å². The predicted molar refractivity (Wildman–Crippen MR) is 96.8 cm³/mol. The van der Waals surface area contributed by atoms with Gasteiger partial charge in [0.1, 0.15) is 11.4 Å². The number of oxime groups is 1. The van der Waals surface area contributed by atoms with Crippen molar-refractivity contribution in [2.45, 2.75) is 0 Å². The fourth-order valence-corrected chi connectivity index (χ4v) is 3.22. The molecule has 0 bridgehead atoms. The molecule has 26 heavy (non-hydrogen) atoms. The van der Waals surface area contributed by atoms with Crippen LogP contribution in [0.1, 0.15) is 4.88 Å². The first kappa shape index (κ1) is 15.8. The number of benzene rings is 1. The van der Waals surface area contributed by atoms with Crippen LogP contribution in [0.15, 0.2) is 59.0 Å². The number of allylic oxidation sites excluding steroid dienone is 4. The second-order valence-electron chi connectivity index (χ2n) is 5.28. The third-order valence-electron chi connectivity index (χ3n) is 3.57. The molecule has 0 radical (unpaired) electrons. The number of fused-ring (bicyclic) bond motifs is 1. The molecule has 2 aliphatic heterocycles. The van der Waals surface area contributed by atoms with Crippen LogP contribution in [0, 0.1) is 10.1 Å². The molecule has 0 atom stereocenters. The molecular formula is C16H11N5O4S. The van der Waals surface area contributed by atoms with Crippen molar-refractivity contribution < 1.29 is 15.0 Å². The third-order valence-corrected chi connectivity index (χ3v) is 4.47. The first-order chi connectivity index (χ1) is 12.6. The van der Waals surface area contributed by atoms with Gasteiger partial charge in [-0.1, -0.05) is 28.6 Å². The number of hydroxylamine groups is 2. The second-order valence-corrected chi connectivity index (χ2v) is 6.31. The fraction of sp³-hybridized carbons (Fsp3) is 0. The Morgan fingerprint density at radius 2 is 2.23 bits per heavy atom. The molecule has 0 fully saturated rings. The number of nitrogens with one attached hydrogen (secondary N) is 1. The van der Waals surface area contributed by atoms with E-state index in [0.717, 1.165) is 11.3 Å². The van der Waals surface area contributed by atoms with Crippen LogP contribution >= 0.6 is 11.3 Å². The molecule has 130 valence electrons. The van der Waals surface area contributed by atoms with E-state index >= 15 is 0 Å². The number of thiazole rings is 1. The van der Waals surface area contributed by atoms with Gasteiger partial charge in [0.25, 0.3) is 5.69 Å². The van der Waals surface area contributed by atoms with E-state index in [-0.39, 0.29) is 11.6 Å². The Bertz CT molecular complexity index is 1010. The van der Waals surface area contributed by atoms with E-state index in [4.69, 9.17) is 4.94 Å². The van der Waals surface area contributed by atoms with Crippen molar-refractivity contribution in [3.8, 4) is 5.88 Å². The molecule has 0 aliphatic carbocycles. The van der Waals surface area contributed by atoms with Gasteiger partial charge in [0.2, 0.25) is 5.88 Å². The minimum absolute atomic E-state index is 0.0670. The van der Waals surface area contributed by atoms with Gasteiger partial charge in [0.15, 0.2) is 5.13 Å². The quantitative estimate of drug-likeness (QED) is 0.626. The Kier molecular flexibility index (Phi) is 3.86. The number of nitro groups is 1. The molecule has 2 aromatic rings. The lowest BCUT2D eigenvalue weighted by molar-refractivity contribution is -0.383. The number of rotatable bonds is 4. The van der Waals surface area contributed by atoms with Crippen LogP contribution < -0.4 is 5.32 Å². The van der Waals surface area contributed by atoms with Crippen molar-refractivity contribution in [3.05, 3.63) is 68.9 Å². The molecule has 1 aromatic heterocycles. The summed E-state index contributed by atoms with van der Waals surface area (Å²) in [5.41, 5.74) is 1.83. The van der Waals surface area contributed by atoms with Crippen molar-refractivity contribution in [1.29, 1.82) is 0 Å². The molecule has 2 N–H and O–H groups in total. The van der Waals surface area contributed by atoms with Crippen LogP contribution in [-0.2, 0) is 4.94 Å². The van der Waals surface area contributed by atoms with E-state index in [2.05, 4.69) is 15.5 Å². The molecule has 2 aliphatic rings. The molecule has 0 saturated heterocycles. The van der Waals surface area contributed by atoms with Crippen molar-refractivity contribution in [2.24, 2.45) is 5.16 Å². The first-order valence-corrected chi connectivity index (χ1v) is 8.23. The number of aromatic hydroxyl groups is 1. The summed E-state index contributed by atoms with van der Waals surface area (Å²) in [6.45, 7) is 0. The molecule has 0 unspecified atom stereocenters. The minimum atomic E-state index is -0.478. The van der Waals surface area contributed by atoms with E-state index in [0.29, 0.717) is 15.7 Å². The monoisotopic (exact) mass is 369 g/mol. The van der Waals surface area contributed by atoms with Crippen LogP contribution in [0.25, 0.3) is 6.08 Å². The third kappa shape index (κ3) is 3.00. The molecule has 0 spiro atoms. The maximum Gasteiger partial charge on any atom is 0.292 e. The number of aromatic nitrogens is 1. The van der Waals surface area contributed by atoms with Gasteiger partial charge in [-0.3, -0.25) is 15.1 Å². The summed E-state index contributed by atoms with van der Waals surface area (Å²) in [4.78, 5) is 20.1. The van der Waals surface area contributed by atoms with Crippen molar-refractivity contribution in [2.75, 3.05) is 5.32 Å². The van der Waals surface area contributed by atoms with E-state index < -0.39 is 4.92 Å². The Morgan fingerprint density at radius 1 is 1.38 bits per heavy atom. The van der Waals surface area contributed by atoms with E-state index in [1.165, 1.54) is 22.5 Å². The lowest BCUT2D eigenvalue weighted by Gasteiger charge is -2.14.